The zero-order chi connectivity index (χ0) is 51.4. The smallest absolute Gasteiger partial charge is 0.306 e. The zero-order valence-corrected chi connectivity index (χ0v) is 45.7. The van der Waals surface area contributed by atoms with Crippen LogP contribution in [0, 0.1) is 0 Å². The molecule has 1 atom stereocenters. The van der Waals surface area contributed by atoms with Crippen molar-refractivity contribution in [3.63, 3.8) is 0 Å². The first-order valence-corrected chi connectivity index (χ1v) is 28.7. The SMILES string of the molecule is CC/C=C\C/C=C\C/C=C\C/C=C\C/C=C\C/C=C\C/C=C\C/C=C\C/C=C\CCCCCCCC(=O)OCC(COC(=O)CCCCCCC/C=C\CCC)OC(=O)CCCCCCC/C=C\CCC. The molecule has 71 heavy (non-hydrogen) atoms. The van der Waals surface area contributed by atoms with E-state index >= 15 is 0 Å². The largest absolute Gasteiger partial charge is 0.462 e. The molecule has 0 aromatic rings. The monoisotopic (exact) mass is 981 g/mol. The van der Waals surface area contributed by atoms with E-state index in [9.17, 15) is 14.4 Å². The molecule has 6 heteroatoms. The van der Waals surface area contributed by atoms with Gasteiger partial charge in [-0.25, -0.2) is 0 Å². The van der Waals surface area contributed by atoms with Crippen molar-refractivity contribution in [2.24, 2.45) is 0 Å². The molecule has 0 rings (SSSR count). The van der Waals surface area contributed by atoms with Gasteiger partial charge in [0.25, 0.3) is 0 Å². The first kappa shape index (κ1) is 66.6. The molecule has 0 saturated heterocycles. The molecule has 0 bridgehead atoms. The second-order valence-corrected chi connectivity index (χ2v) is 18.5. The van der Waals surface area contributed by atoms with E-state index in [1.807, 2.05) is 0 Å². The lowest BCUT2D eigenvalue weighted by atomic mass is 10.1. The van der Waals surface area contributed by atoms with E-state index in [0.29, 0.717) is 19.3 Å². The van der Waals surface area contributed by atoms with Crippen LogP contribution >= 0.6 is 0 Å². The molecule has 6 nitrogen and oxygen atoms in total. The number of hydrogen-bond acceptors (Lipinski definition) is 6. The molecule has 0 aromatic carbocycles. The maximum absolute atomic E-state index is 12.7. The average molecular weight is 982 g/mol. The van der Waals surface area contributed by atoms with Gasteiger partial charge in [0.1, 0.15) is 13.2 Å². The van der Waals surface area contributed by atoms with Crippen molar-refractivity contribution in [1.29, 1.82) is 0 Å². The molecule has 0 N–H and O–H groups in total. The first-order chi connectivity index (χ1) is 35.0. The highest BCUT2D eigenvalue weighted by molar-refractivity contribution is 5.71. The number of rotatable bonds is 50. The highest BCUT2D eigenvalue weighted by atomic mass is 16.6. The summed E-state index contributed by atoms with van der Waals surface area (Å²) >= 11 is 0. The summed E-state index contributed by atoms with van der Waals surface area (Å²) < 4.78 is 16.7. The Morgan fingerprint density at radius 3 is 0.873 bits per heavy atom. The number of carbonyl (C=O) groups is 3. The van der Waals surface area contributed by atoms with Crippen LogP contribution in [0.4, 0.5) is 0 Å². The zero-order valence-electron chi connectivity index (χ0n) is 45.7. The Morgan fingerprint density at radius 2 is 0.549 bits per heavy atom. The summed E-state index contributed by atoms with van der Waals surface area (Å²) in [6.07, 6.45) is 81.8. The Balaban J connectivity index is 4.21. The summed E-state index contributed by atoms with van der Waals surface area (Å²) in [4.78, 5) is 37.9. The van der Waals surface area contributed by atoms with Crippen LogP contribution in [0.5, 0.6) is 0 Å². The van der Waals surface area contributed by atoms with Gasteiger partial charge in [0.05, 0.1) is 0 Å². The molecule has 0 aliphatic heterocycles. The molecular weight excluding hydrogens is 877 g/mol. The molecule has 0 aliphatic rings. The topological polar surface area (TPSA) is 78.9 Å². The van der Waals surface area contributed by atoms with Gasteiger partial charge >= 0.3 is 17.9 Å². The quantitative estimate of drug-likeness (QED) is 0.0262. The van der Waals surface area contributed by atoms with Gasteiger partial charge in [-0.2, -0.15) is 0 Å². The van der Waals surface area contributed by atoms with E-state index in [4.69, 9.17) is 14.2 Å². The van der Waals surface area contributed by atoms with Crippen LogP contribution in [0.25, 0.3) is 0 Å². The van der Waals surface area contributed by atoms with E-state index < -0.39 is 6.10 Å². The lowest BCUT2D eigenvalue weighted by Crippen LogP contribution is -2.30. The fourth-order valence-electron chi connectivity index (χ4n) is 7.32. The van der Waals surface area contributed by atoms with Crippen LogP contribution in [0.15, 0.2) is 134 Å². The van der Waals surface area contributed by atoms with Gasteiger partial charge in [0, 0.05) is 19.3 Å². The Kier molecular flexibility index (Phi) is 54.5. The summed E-state index contributed by atoms with van der Waals surface area (Å²) in [5.74, 6) is -0.944. The van der Waals surface area contributed by atoms with Gasteiger partial charge in [0.15, 0.2) is 6.10 Å². The summed E-state index contributed by atoms with van der Waals surface area (Å²) in [6.45, 7) is 6.35. The summed E-state index contributed by atoms with van der Waals surface area (Å²) in [6, 6.07) is 0. The van der Waals surface area contributed by atoms with Crippen molar-refractivity contribution in [3.8, 4) is 0 Å². The van der Waals surface area contributed by atoms with E-state index in [1.165, 1.54) is 25.7 Å². The fourth-order valence-corrected chi connectivity index (χ4v) is 7.32. The standard InChI is InChI=1S/C65H104O6/c1-4-7-10-13-16-19-22-23-24-25-26-27-28-29-30-31-32-33-34-35-36-37-38-39-40-41-42-43-44-47-49-52-55-58-64(67)70-61-62(71-65(68)59-56-53-50-46-21-18-15-12-9-6-3)60-69-63(66)57-54-51-48-45-20-17-14-11-8-5-2/h7,10-12,14-16,19,23-24,26-27,29-30,32-33,35-36,38-39,41-42,62H,4-6,8-9,13,17-18,20-22,25,28,31,34,37,40,43-61H2,1-3H3/b10-7-,14-11-,15-12-,19-16-,24-23-,27-26-,30-29-,33-32-,36-35-,39-38-,42-41-. The van der Waals surface area contributed by atoms with Crippen molar-refractivity contribution in [2.45, 2.75) is 245 Å². The van der Waals surface area contributed by atoms with E-state index in [1.54, 1.807) is 0 Å². The molecule has 0 heterocycles. The molecule has 0 aliphatic carbocycles. The van der Waals surface area contributed by atoms with Crippen molar-refractivity contribution in [2.75, 3.05) is 13.2 Å². The van der Waals surface area contributed by atoms with Gasteiger partial charge in [-0.15, -0.1) is 0 Å². The number of carbonyl (C=O) groups excluding carboxylic acids is 3. The highest BCUT2D eigenvalue weighted by Crippen LogP contribution is 2.13. The van der Waals surface area contributed by atoms with Crippen LogP contribution < -0.4 is 0 Å². The Morgan fingerprint density at radius 1 is 0.296 bits per heavy atom. The number of allylic oxidation sites excluding steroid dienone is 22. The minimum Gasteiger partial charge on any atom is -0.462 e. The van der Waals surface area contributed by atoms with E-state index in [-0.39, 0.29) is 31.1 Å². The van der Waals surface area contributed by atoms with Crippen molar-refractivity contribution in [3.05, 3.63) is 134 Å². The van der Waals surface area contributed by atoms with E-state index in [0.717, 1.165) is 173 Å². The predicted octanol–water partition coefficient (Wildman–Crippen LogP) is 19.4. The summed E-state index contributed by atoms with van der Waals surface area (Å²) in [5.41, 5.74) is 0. The molecule has 0 saturated carbocycles. The second-order valence-electron chi connectivity index (χ2n) is 18.5. The number of unbranched alkanes of at least 4 members (excludes halogenated alkanes) is 17. The van der Waals surface area contributed by atoms with Crippen molar-refractivity contribution in [1.82, 2.24) is 0 Å². The van der Waals surface area contributed by atoms with Crippen LogP contribution in [0.3, 0.4) is 0 Å². The minimum absolute atomic E-state index is 0.0953. The van der Waals surface area contributed by atoms with Gasteiger partial charge in [-0.05, 0) is 128 Å². The maximum atomic E-state index is 12.7. The molecule has 1 unspecified atom stereocenters. The van der Waals surface area contributed by atoms with Crippen LogP contribution in [-0.2, 0) is 28.6 Å². The lowest BCUT2D eigenvalue weighted by Gasteiger charge is -2.18. The molecule has 0 spiro atoms. The van der Waals surface area contributed by atoms with Gasteiger partial charge < -0.3 is 14.2 Å². The molecule has 0 fully saturated rings. The number of esters is 3. The van der Waals surface area contributed by atoms with Gasteiger partial charge in [-0.1, -0.05) is 225 Å². The third kappa shape index (κ3) is 56.3. The van der Waals surface area contributed by atoms with Gasteiger partial charge in [0.2, 0.25) is 0 Å². The van der Waals surface area contributed by atoms with Crippen molar-refractivity contribution < 1.29 is 28.6 Å². The molecule has 400 valence electrons. The second kappa shape index (κ2) is 58.1. The van der Waals surface area contributed by atoms with Crippen LogP contribution in [0.2, 0.25) is 0 Å². The lowest BCUT2D eigenvalue weighted by molar-refractivity contribution is -0.167. The maximum Gasteiger partial charge on any atom is 0.306 e. The van der Waals surface area contributed by atoms with Crippen molar-refractivity contribution >= 4 is 17.9 Å². The molecular formula is C65H104O6. The molecule has 0 amide bonds. The summed E-state index contributed by atoms with van der Waals surface area (Å²) in [7, 11) is 0. The summed E-state index contributed by atoms with van der Waals surface area (Å²) in [5, 5.41) is 0. The predicted molar refractivity (Wildman–Crippen MR) is 306 cm³/mol. The van der Waals surface area contributed by atoms with E-state index in [2.05, 4.69) is 154 Å². The Bertz CT molecular complexity index is 1550. The normalized spacial score (nSPS) is 13.1. The first-order valence-electron chi connectivity index (χ1n) is 28.7. The third-order valence-corrected chi connectivity index (χ3v) is 11.6. The minimum atomic E-state index is -0.795. The number of ether oxygens (including phenoxy) is 3. The third-order valence-electron chi connectivity index (χ3n) is 11.6. The Hall–Kier alpha value is -4.45. The number of hydrogen-bond donors (Lipinski definition) is 0. The van der Waals surface area contributed by atoms with Gasteiger partial charge in [-0.3, -0.25) is 14.4 Å². The molecule has 0 aromatic heterocycles. The van der Waals surface area contributed by atoms with Crippen LogP contribution in [0.1, 0.15) is 239 Å². The highest BCUT2D eigenvalue weighted by Gasteiger charge is 2.19. The fraction of sp³-hybridized carbons (Fsp3) is 0.615. The molecule has 0 radical (unpaired) electrons. The average Bonchev–Trinajstić information content (AvgIpc) is 3.37. The van der Waals surface area contributed by atoms with Crippen LogP contribution in [-0.4, -0.2) is 37.2 Å². The Labute approximate surface area is 436 Å².